The van der Waals surface area contributed by atoms with E-state index in [9.17, 15) is 14.4 Å². The number of para-hydroxylation sites is 2. The number of nitrogens with one attached hydrogen (secondary N) is 1. The van der Waals surface area contributed by atoms with Gasteiger partial charge in [0.25, 0.3) is 5.91 Å². The largest absolute Gasteiger partial charge is 0.493 e. The highest BCUT2D eigenvalue weighted by Crippen LogP contribution is 2.38. The van der Waals surface area contributed by atoms with Crippen molar-refractivity contribution < 1.29 is 38.1 Å². The maximum absolute atomic E-state index is 13.5. The van der Waals surface area contributed by atoms with Crippen LogP contribution in [0.15, 0.2) is 84.9 Å². The van der Waals surface area contributed by atoms with Gasteiger partial charge in [-0.25, -0.2) is 9.59 Å². The summed E-state index contributed by atoms with van der Waals surface area (Å²) in [6.07, 6.45) is 0. The van der Waals surface area contributed by atoms with E-state index in [4.69, 9.17) is 23.7 Å². The van der Waals surface area contributed by atoms with Crippen LogP contribution in [0.25, 0.3) is 16.6 Å². The Morgan fingerprint density at radius 1 is 0.778 bits per heavy atom. The molecular formula is C35H32N2O8. The first kappa shape index (κ1) is 30.7. The summed E-state index contributed by atoms with van der Waals surface area (Å²) in [6, 6.07) is 24.2. The third-order valence-corrected chi connectivity index (χ3v) is 7.20. The molecule has 1 N–H and O–H groups in total. The van der Waals surface area contributed by atoms with Gasteiger partial charge in [0.2, 0.25) is 5.75 Å². The lowest BCUT2D eigenvalue weighted by Crippen LogP contribution is -2.17. The molecule has 10 nitrogen and oxygen atoms in total. The highest BCUT2D eigenvalue weighted by Gasteiger charge is 2.24. The summed E-state index contributed by atoms with van der Waals surface area (Å²) in [5.74, 6) is -0.503. The summed E-state index contributed by atoms with van der Waals surface area (Å²) in [7, 11) is 4.38. The minimum Gasteiger partial charge on any atom is -0.493 e. The van der Waals surface area contributed by atoms with E-state index in [2.05, 4.69) is 5.32 Å². The van der Waals surface area contributed by atoms with E-state index in [0.29, 0.717) is 33.9 Å². The predicted molar refractivity (Wildman–Crippen MR) is 169 cm³/mol. The van der Waals surface area contributed by atoms with Crippen LogP contribution in [0.1, 0.15) is 43.7 Å². The lowest BCUT2D eigenvalue weighted by atomic mass is 10.1. The van der Waals surface area contributed by atoms with Gasteiger partial charge in [0.05, 0.1) is 50.3 Å². The average Bonchev–Trinajstić information content (AvgIpc) is 3.35. The number of esters is 2. The van der Waals surface area contributed by atoms with E-state index in [1.165, 1.54) is 33.5 Å². The van der Waals surface area contributed by atoms with Gasteiger partial charge in [-0.05, 0) is 68.4 Å². The van der Waals surface area contributed by atoms with E-state index in [-0.39, 0.29) is 29.2 Å². The van der Waals surface area contributed by atoms with Crippen LogP contribution in [0.4, 0.5) is 5.69 Å². The van der Waals surface area contributed by atoms with Crippen LogP contribution < -0.4 is 24.3 Å². The summed E-state index contributed by atoms with van der Waals surface area (Å²) in [4.78, 5) is 39.8. The second kappa shape index (κ2) is 13.3. The average molecular weight is 609 g/mol. The van der Waals surface area contributed by atoms with Crippen molar-refractivity contribution in [3.05, 3.63) is 107 Å². The summed E-state index contributed by atoms with van der Waals surface area (Å²) < 4.78 is 29.2. The quantitative estimate of drug-likeness (QED) is 0.139. The van der Waals surface area contributed by atoms with Crippen molar-refractivity contribution in [2.24, 2.45) is 0 Å². The molecule has 5 rings (SSSR count). The van der Waals surface area contributed by atoms with Crippen LogP contribution in [-0.2, 0) is 4.74 Å². The molecule has 0 unspecified atom stereocenters. The molecule has 45 heavy (non-hydrogen) atoms. The number of benzene rings is 4. The minimum atomic E-state index is -0.702. The fraction of sp³-hybridized carbons (Fsp3) is 0.171. The van der Waals surface area contributed by atoms with Crippen molar-refractivity contribution in [1.29, 1.82) is 0 Å². The predicted octanol–water partition coefficient (Wildman–Crippen LogP) is 6.61. The van der Waals surface area contributed by atoms with Crippen LogP contribution in [0, 0.1) is 6.92 Å². The van der Waals surface area contributed by atoms with E-state index in [0.717, 1.165) is 11.2 Å². The van der Waals surface area contributed by atoms with Crippen LogP contribution in [0.2, 0.25) is 0 Å². The van der Waals surface area contributed by atoms with Gasteiger partial charge in [-0.2, -0.15) is 0 Å². The number of aromatic nitrogens is 1. The van der Waals surface area contributed by atoms with E-state index in [1.54, 1.807) is 49.4 Å². The molecule has 230 valence electrons. The summed E-state index contributed by atoms with van der Waals surface area (Å²) in [5.41, 5.74) is 3.28. The third kappa shape index (κ3) is 6.03. The van der Waals surface area contributed by atoms with Gasteiger partial charge < -0.3 is 33.6 Å². The number of anilines is 1. The number of methoxy groups -OCH3 is 3. The molecule has 4 aromatic carbocycles. The molecule has 10 heteroatoms. The number of hydrogen-bond acceptors (Lipinski definition) is 8. The zero-order valence-corrected chi connectivity index (χ0v) is 25.5. The first-order valence-corrected chi connectivity index (χ1v) is 14.1. The van der Waals surface area contributed by atoms with Crippen LogP contribution in [-0.4, -0.2) is 50.3 Å². The Labute approximate surface area is 260 Å². The number of ether oxygens (including phenoxy) is 5. The first-order valence-electron chi connectivity index (χ1n) is 14.1. The molecule has 5 aromatic rings. The number of fused-ring (bicyclic) bond motifs is 1. The zero-order chi connectivity index (χ0) is 32.1. The normalized spacial score (nSPS) is 10.7. The number of amides is 1. The first-order chi connectivity index (χ1) is 21.8. The van der Waals surface area contributed by atoms with Gasteiger partial charge in [0.15, 0.2) is 11.5 Å². The fourth-order valence-corrected chi connectivity index (χ4v) is 5.17. The lowest BCUT2D eigenvalue weighted by molar-refractivity contribution is 0.0527. The Morgan fingerprint density at radius 2 is 1.44 bits per heavy atom. The molecule has 0 aliphatic rings. The summed E-state index contributed by atoms with van der Waals surface area (Å²) in [6.45, 7) is 3.80. The standard InChI is InChI=1S/C35H32N2O8/c1-6-44-35(40)31-21(2)37(23-12-8-7-9-13-23)28-17-16-24(20-26(28)31)45-34(39)25-14-10-11-15-27(25)36-33(38)22-18-29(41-3)32(43-5)30(19-22)42-4/h7-20H,6H2,1-5H3,(H,36,38). The van der Waals surface area contributed by atoms with Crippen LogP contribution >= 0.6 is 0 Å². The van der Waals surface area contributed by atoms with E-state index >= 15 is 0 Å². The van der Waals surface area contributed by atoms with Crippen LogP contribution in [0.3, 0.4) is 0 Å². The molecule has 1 heterocycles. The number of rotatable bonds is 10. The fourth-order valence-electron chi connectivity index (χ4n) is 5.17. The van der Waals surface area contributed by atoms with Gasteiger partial charge >= 0.3 is 11.9 Å². The van der Waals surface area contributed by atoms with Crippen molar-refractivity contribution in [3.8, 4) is 28.7 Å². The molecule has 0 saturated carbocycles. The molecule has 0 fully saturated rings. The number of carbonyl (C=O) groups excluding carboxylic acids is 3. The van der Waals surface area contributed by atoms with E-state index in [1.807, 2.05) is 41.8 Å². The van der Waals surface area contributed by atoms with E-state index < -0.39 is 17.8 Å². The second-order valence-corrected chi connectivity index (χ2v) is 9.83. The van der Waals surface area contributed by atoms with Gasteiger partial charge in [-0.1, -0.05) is 30.3 Å². The van der Waals surface area contributed by atoms with Gasteiger partial charge in [-0.3, -0.25) is 4.79 Å². The smallest absolute Gasteiger partial charge is 0.345 e. The van der Waals surface area contributed by atoms with Crippen molar-refractivity contribution in [2.45, 2.75) is 13.8 Å². The molecule has 1 amide bonds. The minimum absolute atomic E-state index is 0.127. The van der Waals surface area contributed by atoms with Gasteiger partial charge in [0.1, 0.15) is 5.75 Å². The highest BCUT2D eigenvalue weighted by atomic mass is 16.5. The molecular weight excluding hydrogens is 576 g/mol. The molecule has 0 bridgehead atoms. The van der Waals surface area contributed by atoms with Crippen molar-refractivity contribution in [2.75, 3.05) is 33.3 Å². The Hall–Kier alpha value is -5.77. The Balaban J connectivity index is 1.47. The van der Waals surface area contributed by atoms with Crippen LogP contribution in [0.5, 0.6) is 23.0 Å². The Kier molecular flexibility index (Phi) is 9.04. The molecule has 0 spiro atoms. The SMILES string of the molecule is CCOC(=O)c1c(C)n(-c2ccccc2)c2ccc(OC(=O)c3ccccc3NC(=O)c3cc(OC)c(OC)c(OC)c3)cc12. The molecule has 0 aliphatic carbocycles. The van der Waals surface area contributed by atoms with Crippen molar-refractivity contribution >= 4 is 34.4 Å². The van der Waals surface area contributed by atoms with Crippen molar-refractivity contribution in [1.82, 2.24) is 4.57 Å². The molecule has 0 aliphatic heterocycles. The molecule has 0 saturated heterocycles. The summed E-state index contributed by atoms with van der Waals surface area (Å²) >= 11 is 0. The molecule has 0 atom stereocenters. The van der Waals surface area contributed by atoms with Gasteiger partial charge in [-0.15, -0.1) is 0 Å². The Bertz CT molecular complexity index is 1870. The maximum atomic E-state index is 13.5. The maximum Gasteiger partial charge on any atom is 0.345 e. The summed E-state index contributed by atoms with van der Waals surface area (Å²) in [5, 5.41) is 3.35. The lowest BCUT2D eigenvalue weighted by Gasteiger charge is -2.15. The number of carbonyl (C=O) groups is 3. The monoisotopic (exact) mass is 608 g/mol. The zero-order valence-electron chi connectivity index (χ0n) is 25.5. The number of nitrogens with zero attached hydrogens (tertiary/aromatic N) is 1. The van der Waals surface area contributed by atoms with Crippen molar-refractivity contribution in [3.63, 3.8) is 0 Å². The third-order valence-electron chi connectivity index (χ3n) is 7.20. The molecule has 0 radical (unpaired) electrons. The number of hydrogen-bond donors (Lipinski definition) is 1. The van der Waals surface area contributed by atoms with Gasteiger partial charge in [0, 0.05) is 22.3 Å². The second-order valence-electron chi connectivity index (χ2n) is 9.83. The highest BCUT2D eigenvalue weighted by molar-refractivity contribution is 6.09. The Morgan fingerprint density at radius 3 is 2.09 bits per heavy atom. The topological polar surface area (TPSA) is 114 Å². The molecule has 1 aromatic heterocycles.